The summed E-state index contributed by atoms with van der Waals surface area (Å²) in [6.45, 7) is 7.95. The van der Waals surface area contributed by atoms with Crippen molar-refractivity contribution in [2.45, 2.75) is 26.7 Å². The van der Waals surface area contributed by atoms with Gasteiger partial charge in [-0.15, -0.1) is 0 Å². The van der Waals surface area contributed by atoms with Crippen LogP contribution in [0.2, 0.25) is 0 Å². The first-order valence-corrected chi connectivity index (χ1v) is 3.93. The van der Waals surface area contributed by atoms with Crippen LogP contribution in [0.4, 0.5) is 0 Å². The van der Waals surface area contributed by atoms with Crippen LogP contribution in [0, 0.1) is 5.92 Å². The fourth-order valence-electron chi connectivity index (χ4n) is 0.631. The number of esters is 1. The maximum absolute atomic E-state index is 10.8. The maximum atomic E-state index is 10.8. The molecule has 0 atom stereocenters. The molecule has 0 fully saturated rings. The Bertz CT molecular complexity index is 128. The highest BCUT2D eigenvalue weighted by Gasteiger charge is 2.02. The van der Waals surface area contributed by atoms with Crippen molar-refractivity contribution in [1.82, 2.24) is 0 Å². The van der Waals surface area contributed by atoms with E-state index in [9.17, 15) is 4.79 Å². The van der Waals surface area contributed by atoms with Crippen molar-refractivity contribution in [1.29, 1.82) is 0 Å². The molecule has 0 aliphatic heterocycles. The standard InChI is InChI=1S/C9H16O2/c1-4-7-11-9(10)6-5-8(2)3/h4,8H,1,5-7H2,2-3H3. The van der Waals surface area contributed by atoms with Crippen LogP contribution in [0.1, 0.15) is 26.7 Å². The van der Waals surface area contributed by atoms with Gasteiger partial charge in [0.2, 0.25) is 0 Å². The molecule has 0 aliphatic rings. The zero-order valence-electron chi connectivity index (χ0n) is 7.30. The van der Waals surface area contributed by atoms with Gasteiger partial charge in [0.1, 0.15) is 6.61 Å². The summed E-state index contributed by atoms with van der Waals surface area (Å²) in [6.07, 6.45) is 2.99. The van der Waals surface area contributed by atoms with Crippen LogP contribution < -0.4 is 0 Å². The van der Waals surface area contributed by atoms with Crippen molar-refractivity contribution in [2.75, 3.05) is 6.61 Å². The van der Waals surface area contributed by atoms with Gasteiger partial charge in [0.25, 0.3) is 0 Å². The normalized spacial score (nSPS) is 9.73. The summed E-state index contributed by atoms with van der Waals surface area (Å²) in [5.74, 6) is 0.435. The Morgan fingerprint density at radius 3 is 2.73 bits per heavy atom. The van der Waals surface area contributed by atoms with E-state index in [0.717, 1.165) is 6.42 Å². The largest absolute Gasteiger partial charge is 0.461 e. The van der Waals surface area contributed by atoms with Gasteiger partial charge in [-0.1, -0.05) is 26.5 Å². The predicted molar refractivity (Wildman–Crippen MR) is 45.2 cm³/mol. The van der Waals surface area contributed by atoms with E-state index in [-0.39, 0.29) is 5.97 Å². The number of carbonyl (C=O) groups is 1. The fraction of sp³-hybridized carbons (Fsp3) is 0.667. The van der Waals surface area contributed by atoms with Crippen LogP contribution in [0.5, 0.6) is 0 Å². The van der Waals surface area contributed by atoms with E-state index in [1.165, 1.54) is 0 Å². The first kappa shape index (κ1) is 10.2. The molecule has 0 aliphatic carbocycles. The lowest BCUT2D eigenvalue weighted by molar-refractivity contribution is -0.142. The summed E-state index contributed by atoms with van der Waals surface area (Å²) in [7, 11) is 0. The molecule has 2 nitrogen and oxygen atoms in total. The van der Waals surface area contributed by atoms with Gasteiger partial charge < -0.3 is 4.74 Å². The van der Waals surface area contributed by atoms with E-state index in [2.05, 4.69) is 20.4 Å². The van der Waals surface area contributed by atoms with Gasteiger partial charge in [-0.25, -0.2) is 0 Å². The third-order valence-corrected chi connectivity index (χ3v) is 1.29. The first-order chi connectivity index (χ1) is 5.16. The predicted octanol–water partition coefficient (Wildman–Crippen LogP) is 2.15. The van der Waals surface area contributed by atoms with Crippen LogP contribution in [0.15, 0.2) is 12.7 Å². The molecule has 0 N–H and O–H groups in total. The molecule has 0 aromatic rings. The first-order valence-electron chi connectivity index (χ1n) is 3.93. The quantitative estimate of drug-likeness (QED) is 0.450. The molecule has 0 saturated heterocycles. The molecule has 11 heavy (non-hydrogen) atoms. The molecule has 0 heterocycles. The second kappa shape index (κ2) is 5.96. The van der Waals surface area contributed by atoms with Crippen molar-refractivity contribution in [3.8, 4) is 0 Å². The number of rotatable bonds is 5. The molecule has 0 unspecified atom stereocenters. The molecule has 0 spiro atoms. The SMILES string of the molecule is C=CCOC(=O)CCC(C)C. The van der Waals surface area contributed by atoms with Crippen LogP contribution in [-0.4, -0.2) is 12.6 Å². The highest BCUT2D eigenvalue weighted by Crippen LogP contribution is 2.03. The average Bonchev–Trinajstić information content (AvgIpc) is 1.97. The second-order valence-corrected chi connectivity index (χ2v) is 2.90. The Hall–Kier alpha value is -0.790. The lowest BCUT2D eigenvalue weighted by atomic mass is 10.1. The van der Waals surface area contributed by atoms with E-state index < -0.39 is 0 Å². The highest BCUT2D eigenvalue weighted by molar-refractivity contribution is 5.69. The number of hydrogen-bond donors (Lipinski definition) is 0. The molecular weight excluding hydrogens is 140 g/mol. The topological polar surface area (TPSA) is 26.3 Å². The minimum atomic E-state index is -0.126. The molecule has 64 valence electrons. The Labute approximate surface area is 68.2 Å². The summed E-state index contributed by atoms with van der Waals surface area (Å²) in [4.78, 5) is 10.8. The van der Waals surface area contributed by atoms with E-state index in [1.807, 2.05) is 0 Å². The van der Waals surface area contributed by atoms with E-state index in [1.54, 1.807) is 6.08 Å². The Morgan fingerprint density at radius 1 is 1.64 bits per heavy atom. The van der Waals surface area contributed by atoms with E-state index in [0.29, 0.717) is 18.9 Å². The third kappa shape index (κ3) is 7.10. The summed E-state index contributed by atoms with van der Waals surface area (Å²) in [5.41, 5.74) is 0. The molecule has 0 bridgehead atoms. The lowest BCUT2D eigenvalue weighted by Crippen LogP contribution is -2.05. The zero-order valence-corrected chi connectivity index (χ0v) is 7.30. The summed E-state index contributed by atoms with van der Waals surface area (Å²) in [6, 6.07) is 0. The minimum Gasteiger partial charge on any atom is -0.461 e. The number of ether oxygens (including phenoxy) is 1. The third-order valence-electron chi connectivity index (χ3n) is 1.29. The molecular formula is C9H16O2. The summed E-state index contributed by atoms with van der Waals surface area (Å²) < 4.78 is 4.78. The molecule has 0 rings (SSSR count). The van der Waals surface area contributed by atoms with Crippen molar-refractivity contribution in [3.63, 3.8) is 0 Å². The Kier molecular flexibility index (Phi) is 5.53. The minimum absolute atomic E-state index is 0.126. The summed E-state index contributed by atoms with van der Waals surface area (Å²) >= 11 is 0. The van der Waals surface area contributed by atoms with Crippen molar-refractivity contribution in [3.05, 3.63) is 12.7 Å². The zero-order chi connectivity index (χ0) is 8.69. The van der Waals surface area contributed by atoms with Gasteiger partial charge in [0.15, 0.2) is 0 Å². The molecule has 0 aromatic heterocycles. The van der Waals surface area contributed by atoms with Crippen LogP contribution in [-0.2, 0) is 9.53 Å². The molecule has 0 radical (unpaired) electrons. The van der Waals surface area contributed by atoms with Crippen molar-refractivity contribution >= 4 is 5.97 Å². The highest BCUT2D eigenvalue weighted by atomic mass is 16.5. The Balaban J connectivity index is 3.29. The monoisotopic (exact) mass is 156 g/mol. The fourth-order valence-corrected chi connectivity index (χ4v) is 0.631. The van der Waals surface area contributed by atoms with Gasteiger partial charge in [0.05, 0.1) is 0 Å². The van der Waals surface area contributed by atoms with Gasteiger partial charge in [-0.05, 0) is 12.3 Å². The van der Waals surface area contributed by atoms with Crippen LogP contribution in [0.25, 0.3) is 0 Å². The smallest absolute Gasteiger partial charge is 0.306 e. The van der Waals surface area contributed by atoms with E-state index >= 15 is 0 Å². The molecule has 0 amide bonds. The maximum Gasteiger partial charge on any atom is 0.306 e. The van der Waals surface area contributed by atoms with Gasteiger partial charge in [-0.2, -0.15) is 0 Å². The second-order valence-electron chi connectivity index (χ2n) is 2.90. The number of carbonyl (C=O) groups excluding carboxylic acids is 1. The van der Waals surface area contributed by atoms with Gasteiger partial charge >= 0.3 is 5.97 Å². The van der Waals surface area contributed by atoms with E-state index in [4.69, 9.17) is 4.74 Å². The van der Waals surface area contributed by atoms with Crippen molar-refractivity contribution in [2.24, 2.45) is 5.92 Å². The van der Waals surface area contributed by atoms with Crippen LogP contribution >= 0.6 is 0 Å². The lowest BCUT2D eigenvalue weighted by Gasteiger charge is -2.03. The van der Waals surface area contributed by atoms with Gasteiger partial charge in [0, 0.05) is 6.42 Å². The molecule has 0 aromatic carbocycles. The molecule has 2 heteroatoms. The van der Waals surface area contributed by atoms with Crippen molar-refractivity contribution < 1.29 is 9.53 Å². The summed E-state index contributed by atoms with van der Waals surface area (Å²) in [5, 5.41) is 0. The molecule has 0 saturated carbocycles. The average molecular weight is 156 g/mol. The van der Waals surface area contributed by atoms with Gasteiger partial charge in [-0.3, -0.25) is 4.79 Å². The Morgan fingerprint density at radius 2 is 2.27 bits per heavy atom. The number of hydrogen-bond acceptors (Lipinski definition) is 2. The van der Waals surface area contributed by atoms with Crippen LogP contribution in [0.3, 0.4) is 0 Å².